The Balaban J connectivity index is 1.72. The minimum Gasteiger partial charge on any atom is -0.350 e. The van der Waals surface area contributed by atoms with Crippen LogP contribution in [0.4, 0.5) is 4.39 Å². The molecule has 0 aliphatic heterocycles. The van der Waals surface area contributed by atoms with Gasteiger partial charge in [-0.05, 0) is 48.6 Å². The van der Waals surface area contributed by atoms with Crippen LogP contribution in [0.3, 0.4) is 0 Å². The van der Waals surface area contributed by atoms with Crippen molar-refractivity contribution in [3.63, 3.8) is 0 Å². The summed E-state index contributed by atoms with van der Waals surface area (Å²) >= 11 is 0. The van der Waals surface area contributed by atoms with Gasteiger partial charge in [-0.3, -0.25) is 9.59 Å². The lowest BCUT2D eigenvalue weighted by molar-refractivity contribution is 0.0931. The van der Waals surface area contributed by atoms with Gasteiger partial charge in [-0.2, -0.15) is 0 Å². The first-order valence-electron chi connectivity index (χ1n) is 8.72. The molecule has 0 radical (unpaired) electrons. The van der Waals surface area contributed by atoms with Crippen molar-refractivity contribution >= 4 is 16.8 Å². The van der Waals surface area contributed by atoms with Crippen LogP contribution in [0.1, 0.15) is 40.4 Å². The van der Waals surface area contributed by atoms with E-state index in [9.17, 15) is 14.0 Å². The number of benzene rings is 2. The Labute approximate surface area is 150 Å². The molecule has 0 unspecified atom stereocenters. The van der Waals surface area contributed by atoms with E-state index in [2.05, 4.69) is 11.4 Å². The van der Waals surface area contributed by atoms with Crippen LogP contribution < -0.4 is 10.7 Å². The third-order valence-corrected chi connectivity index (χ3v) is 5.07. The average Bonchev–Trinajstić information content (AvgIpc) is 2.65. The monoisotopic (exact) mass is 350 g/mol. The van der Waals surface area contributed by atoms with Crippen LogP contribution in [0, 0.1) is 5.82 Å². The first-order chi connectivity index (χ1) is 12.5. The van der Waals surface area contributed by atoms with Gasteiger partial charge in [0.05, 0.1) is 11.6 Å². The molecular weight excluding hydrogens is 331 g/mol. The molecule has 0 spiro atoms. The van der Waals surface area contributed by atoms with Crippen LogP contribution in [0.15, 0.2) is 53.5 Å². The lowest BCUT2D eigenvalue weighted by Crippen LogP contribution is -2.34. The molecule has 0 saturated carbocycles. The second-order valence-corrected chi connectivity index (χ2v) is 6.76. The molecule has 0 bridgehead atoms. The number of nitrogens with one attached hydrogen (secondary N) is 1. The summed E-state index contributed by atoms with van der Waals surface area (Å²) in [7, 11) is 1.74. The largest absolute Gasteiger partial charge is 0.350 e. The topological polar surface area (TPSA) is 51.1 Å². The van der Waals surface area contributed by atoms with Gasteiger partial charge in [-0.25, -0.2) is 4.39 Å². The number of carbonyl (C=O) groups is 1. The van der Waals surface area contributed by atoms with Crippen molar-refractivity contribution in [2.24, 2.45) is 7.05 Å². The highest BCUT2D eigenvalue weighted by Gasteiger charge is 2.23. The van der Waals surface area contributed by atoms with E-state index in [0.29, 0.717) is 5.52 Å². The van der Waals surface area contributed by atoms with Crippen LogP contribution in [-0.2, 0) is 13.5 Å². The summed E-state index contributed by atoms with van der Waals surface area (Å²) in [6.07, 6.45) is 4.35. The van der Waals surface area contributed by atoms with Gasteiger partial charge < -0.3 is 9.88 Å². The van der Waals surface area contributed by atoms with Gasteiger partial charge in [0, 0.05) is 18.6 Å². The summed E-state index contributed by atoms with van der Waals surface area (Å²) in [5.41, 5.74) is 2.53. The number of halogens is 1. The third kappa shape index (κ3) is 2.79. The Morgan fingerprint density at radius 1 is 1.23 bits per heavy atom. The molecule has 3 aromatic rings. The lowest BCUT2D eigenvalue weighted by atomic mass is 9.87. The number of amides is 1. The van der Waals surface area contributed by atoms with Crippen molar-refractivity contribution in [1.29, 1.82) is 0 Å². The molecule has 4 rings (SSSR count). The van der Waals surface area contributed by atoms with Gasteiger partial charge in [-0.15, -0.1) is 0 Å². The standard InChI is InChI=1S/C21H19FN2O2/c1-24-12-17(20(25)16-11-14(22)9-10-19(16)24)21(26)23-18-8-4-6-13-5-2-3-7-15(13)18/h2-3,5,7,9-12,18H,4,6,8H2,1H3,(H,23,26)/t18-/m1/s1. The number of nitrogens with zero attached hydrogens (tertiary/aromatic N) is 1. The van der Waals surface area contributed by atoms with Crippen molar-refractivity contribution in [2.75, 3.05) is 0 Å². The van der Waals surface area contributed by atoms with Crippen LogP contribution in [0.2, 0.25) is 0 Å². The number of rotatable bonds is 2. The zero-order chi connectivity index (χ0) is 18.3. The molecular formula is C21H19FN2O2. The van der Waals surface area contributed by atoms with E-state index in [0.717, 1.165) is 24.8 Å². The second kappa shape index (κ2) is 6.41. The first-order valence-corrected chi connectivity index (χ1v) is 8.72. The summed E-state index contributed by atoms with van der Waals surface area (Å²) in [5, 5.41) is 3.20. The molecule has 1 atom stereocenters. The summed E-state index contributed by atoms with van der Waals surface area (Å²) in [6.45, 7) is 0. The van der Waals surface area contributed by atoms with Crippen LogP contribution >= 0.6 is 0 Å². The van der Waals surface area contributed by atoms with E-state index in [-0.39, 0.29) is 17.0 Å². The van der Waals surface area contributed by atoms with Gasteiger partial charge >= 0.3 is 0 Å². The first kappa shape index (κ1) is 16.5. The number of aryl methyl sites for hydroxylation is 2. The SMILES string of the molecule is Cn1cc(C(=O)N[C@@H]2CCCc3ccccc32)c(=O)c2cc(F)ccc21. The summed E-state index contributed by atoms with van der Waals surface area (Å²) in [5.74, 6) is -0.910. The molecule has 1 aromatic heterocycles. The smallest absolute Gasteiger partial charge is 0.257 e. The van der Waals surface area contributed by atoms with E-state index in [1.54, 1.807) is 17.7 Å². The molecule has 1 N–H and O–H groups in total. The Morgan fingerprint density at radius 3 is 2.88 bits per heavy atom. The Hall–Kier alpha value is -2.95. The maximum absolute atomic E-state index is 13.6. The van der Waals surface area contributed by atoms with E-state index in [1.807, 2.05) is 18.2 Å². The maximum Gasteiger partial charge on any atom is 0.257 e. The maximum atomic E-state index is 13.6. The molecule has 1 aliphatic carbocycles. The number of hydrogen-bond donors (Lipinski definition) is 1. The molecule has 132 valence electrons. The van der Waals surface area contributed by atoms with Crippen LogP contribution in [0.25, 0.3) is 10.9 Å². The summed E-state index contributed by atoms with van der Waals surface area (Å²) in [4.78, 5) is 25.5. The van der Waals surface area contributed by atoms with E-state index < -0.39 is 17.2 Å². The molecule has 2 aromatic carbocycles. The fourth-order valence-corrected chi connectivity index (χ4v) is 3.77. The van der Waals surface area contributed by atoms with Gasteiger partial charge in [0.25, 0.3) is 5.91 Å². The quantitative estimate of drug-likeness (QED) is 0.769. The van der Waals surface area contributed by atoms with Gasteiger partial charge in [0.1, 0.15) is 11.4 Å². The molecule has 5 heteroatoms. The predicted molar refractivity (Wildman–Crippen MR) is 98.7 cm³/mol. The second-order valence-electron chi connectivity index (χ2n) is 6.76. The zero-order valence-electron chi connectivity index (χ0n) is 14.5. The van der Waals surface area contributed by atoms with Crippen molar-refractivity contribution in [3.05, 3.63) is 81.4 Å². The molecule has 0 fully saturated rings. The van der Waals surface area contributed by atoms with Crippen molar-refractivity contribution in [3.8, 4) is 0 Å². The van der Waals surface area contributed by atoms with Crippen LogP contribution in [-0.4, -0.2) is 10.5 Å². The highest BCUT2D eigenvalue weighted by Crippen LogP contribution is 2.29. The average molecular weight is 350 g/mol. The number of aromatic nitrogens is 1. The Kier molecular flexibility index (Phi) is 4.07. The highest BCUT2D eigenvalue weighted by atomic mass is 19.1. The molecule has 1 amide bonds. The molecule has 0 saturated heterocycles. The van der Waals surface area contributed by atoms with Crippen molar-refractivity contribution in [2.45, 2.75) is 25.3 Å². The minimum atomic E-state index is -0.492. The van der Waals surface area contributed by atoms with Gasteiger partial charge in [-0.1, -0.05) is 24.3 Å². The molecule has 1 heterocycles. The van der Waals surface area contributed by atoms with Crippen molar-refractivity contribution in [1.82, 2.24) is 9.88 Å². The summed E-state index contributed by atoms with van der Waals surface area (Å²) < 4.78 is 15.3. The Bertz CT molecular complexity index is 1070. The number of hydrogen-bond acceptors (Lipinski definition) is 2. The number of pyridine rings is 1. The fourth-order valence-electron chi connectivity index (χ4n) is 3.77. The predicted octanol–water partition coefficient (Wildman–Crippen LogP) is 3.49. The lowest BCUT2D eigenvalue weighted by Gasteiger charge is -2.26. The molecule has 4 nitrogen and oxygen atoms in total. The minimum absolute atomic E-state index is 0.0358. The highest BCUT2D eigenvalue weighted by molar-refractivity contribution is 5.97. The number of carbonyl (C=O) groups excluding carboxylic acids is 1. The van der Waals surface area contributed by atoms with E-state index in [1.165, 1.54) is 23.9 Å². The third-order valence-electron chi connectivity index (χ3n) is 5.07. The van der Waals surface area contributed by atoms with Gasteiger partial charge in [0.15, 0.2) is 0 Å². The van der Waals surface area contributed by atoms with Crippen molar-refractivity contribution < 1.29 is 9.18 Å². The van der Waals surface area contributed by atoms with Gasteiger partial charge in [0.2, 0.25) is 5.43 Å². The van der Waals surface area contributed by atoms with Crippen LogP contribution in [0.5, 0.6) is 0 Å². The molecule has 26 heavy (non-hydrogen) atoms. The normalized spacial score (nSPS) is 16.3. The van der Waals surface area contributed by atoms with E-state index in [4.69, 9.17) is 0 Å². The van der Waals surface area contributed by atoms with E-state index >= 15 is 0 Å². The summed E-state index contributed by atoms with van der Waals surface area (Å²) in [6, 6.07) is 12.0. The molecule has 1 aliphatic rings. The number of fused-ring (bicyclic) bond motifs is 2. The zero-order valence-corrected chi connectivity index (χ0v) is 14.5. The Morgan fingerprint density at radius 2 is 2.04 bits per heavy atom. The fraction of sp³-hybridized carbons (Fsp3) is 0.238.